The van der Waals surface area contributed by atoms with Gasteiger partial charge in [0.1, 0.15) is 6.10 Å². The van der Waals surface area contributed by atoms with Gasteiger partial charge in [-0.1, -0.05) is 66.2 Å². The highest BCUT2D eigenvalue weighted by atomic mass is 16.6. The van der Waals surface area contributed by atoms with Gasteiger partial charge in [0.05, 0.1) is 19.6 Å². The number of rotatable bonds is 6. The fourth-order valence-corrected chi connectivity index (χ4v) is 4.37. The molecule has 4 rings (SSSR count). The number of carbonyl (C=O) groups excluding carboxylic acids is 1. The van der Waals surface area contributed by atoms with Crippen LogP contribution in [0.3, 0.4) is 0 Å². The van der Waals surface area contributed by atoms with Crippen molar-refractivity contribution < 1.29 is 14.3 Å². The molecule has 0 unspecified atom stereocenters. The van der Waals surface area contributed by atoms with E-state index < -0.39 is 0 Å². The van der Waals surface area contributed by atoms with E-state index in [1.165, 1.54) is 22.3 Å². The zero-order chi connectivity index (χ0) is 20.6. The predicted octanol–water partition coefficient (Wildman–Crippen LogP) is 4.70. The topological polar surface area (TPSA) is 38.8 Å². The van der Waals surface area contributed by atoms with Crippen molar-refractivity contribution in [3.8, 4) is 0 Å². The van der Waals surface area contributed by atoms with Crippen LogP contribution in [0.1, 0.15) is 43.2 Å². The average Bonchev–Trinajstić information content (AvgIpc) is 2.81. The lowest BCUT2D eigenvalue weighted by Gasteiger charge is -2.30. The maximum atomic E-state index is 12.2. The molecule has 0 atom stereocenters. The van der Waals surface area contributed by atoms with E-state index in [4.69, 9.17) is 9.47 Å². The Morgan fingerprint density at radius 2 is 1.47 bits per heavy atom. The lowest BCUT2D eigenvalue weighted by Crippen LogP contribution is -2.34. The standard InChI is InChI=1S/C26H31NO3/c28-25(30-24-14-19-29-20-15-24)13-18-27-16-11-23(12-17-27)26(21-7-3-1-4-8-21)22-9-5-2-6-10-22/h1-10,24H,11-20H2. The van der Waals surface area contributed by atoms with Gasteiger partial charge in [-0.15, -0.1) is 0 Å². The summed E-state index contributed by atoms with van der Waals surface area (Å²) in [5.74, 6) is -0.0718. The van der Waals surface area contributed by atoms with Gasteiger partial charge in [0.2, 0.25) is 0 Å². The number of likely N-dealkylation sites (tertiary alicyclic amines) is 1. The Hall–Kier alpha value is -2.43. The van der Waals surface area contributed by atoms with Crippen LogP contribution in [0, 0.1) is 0 Å². The fraction of sp³-hybridized carbons (Fsp3) is 0.423. The van der Waals surface area contributed by atoms with Crippen molar-refractivity contribution in [3.63, 3.8) is 0 Å². The first kappa shape index (κ1) is 20.8. The quantitative estimate of drug-likeness (QED) is 0.653. The maximum Gasteiger partial charge on any atom is 0.307 e. The van der Waals surface area contributed by atoms with E-state index >= 15 is 0 Å². The van der Waals surface area contributed by atoms with E-state index in [1.54, 1.807) is 0 Å². The highest BCUT2D eigenvalue weighted by Crippen LogP contribution is 2.32. The Kier molecular flexibility index (Phi) is 7.33. The van der Waals surface area contributed by atoms with Gasteiger partial charge in [0.25, 0.3) is 0 Å². The first-order valence-corrected chi connectivity index (χ1v) is 11.1. The lowest BCUT2D eigenvalue weighted by molar-refractivity contribution is -0.153. The van der Waals surface area contributed by atoms with Crippen LogP contribution in [-0.2, 0) is 14.3 Å². The second-order valence-electron chi connectivity index (χ2n) is 8.10. The molecule has 0 saturated carbocycles. The number of hydrogen-bond acceptors (Lipinski definition) is 4. The second kappa shape index (κ2) is 10.6. The van der Waals surface area contributed by atoms with E-state index in [9.17, 15) is 4.79 Å². The van der Waals surface area contributed by atoms with Gasteiger partial charge in [-0.2, -0.15) is 0 Å². The van der Waals surface area contributed by atoms with Gasteiger partial charge in [0, 0.05) is 32.5 Å². The van der Waals surface area contributed by atoms with Gasteiger partial charge >= 0.3 is 5.97 Å². The van der Waals surface area contributed by atoms with E-state index in [0.717, 1.165) is 45.3 Å². The molecule has 0 aliphatic carbocycles. The molecule has 2 aliphatic rings. The summed E-state index contributed by atoms with van der Waals surface area (Å²) in [7, 11) is 0. The van der Waals surface area contributed by atoms with Crippen LogP contribution in [0.5, 0.6) is 0 Å². The summed E-state index contributed by atoms with van der Waals surface area (Å²) < 4.78 is 10.9. The Bertz CT molecular complexity index is 790. The van der Waals surface area contributed by atoms with Gasteiger partial charge in [-0.3, -0.25) is 4.79 Å². The number of ether oxygens (including phenoxy) is 2. The third-order valence-corrected chi connectivity index (χ3v) is 6.04. The van der Waals surface area contributed by atoms with Crippen molar-refractivity contribution in [3.05, 3.63) is 77.4 Å². The molecule has 158 valence electrons. The molecule has 2 fully saturated rings. The normalized spacial score (nSPS) is 18.2. The van der Waals surface area contributed by atoms with Crippen molar-refractivity contribution in [1.82, 2.24) is 4.90 Å². The number of hydrogen-bond donors (Lipinski definition) is 0. The van der Waals surface area contributed by atoms with Crippen LogP contribution in [0.2, 0.25) is 0 Å². The number of nitrogens with zero attached hydrogens (tertiary/aromatic N) is 1. The molecular formula is C26H31NO3. The maximum absolute atomic E-state index is 12.2. The van der Waals surface area contributed by atoms with Crippen molar-refractivity contribution in [2.75, 3.05) is 32.8 Å². The number of benzene rings is 2. The largest absolute Gasteiger partial charge is 0.462 e. The van der Waals surface area contributed by atoms with Gasteiger partial charge in [-0.05, 0) is 29.5 Å². The minimum Gasteiger partial charge on any atom is -0.462 e. The third-order valence-electron chi connectivity index (χ3n) is 6.04. The predicted molar refractivity (Wildman–Crippen MR) is 119 cm³/mol. The molecule has 2 aliphatic heterocycles. The van der Waals surface area contributed by atoms with Crippen LogP contribution in [0.25, 0.3) is 5.57 Å². The first-order valence-electron chi connectivity index (χ1n) is 11.1. The smallest absolute Gasteiger partial charge is 0.307 e. The van der Waals surface area contributed by atoms with Crippen LogP contribution < -0.4 is 0 Å². The van der Waals surface area contributed by atoms with Gasteiger partial charge < -0.3 is 14.4 Å². The molecule has 4 nitrogen and oxygen atoms in total. The molecule has 0 N–H and O–H groups in total. The zero-order valence-electron chi connectivity index (χ0n) is 17.6. The minimum atomic E-state index is -0.0718. The molecule has 0 amide bonds. The molecule has 0 radical (unpaired) electrons. The number of piperidine rings is 1. The molecule has 0 spiro atoms. The van der Waals surface area contributed by atoms with Crippen LogP contribution >= 0.6 is 0 Å². The Morgan fingerprint density at radius 1 is 0.900 bits per heavy atom. The third kappa shape index (κ3) is 5.59. The SMILES string of the molecule is O=C(CCN1CCC(=C(c2ccccc2)c2ccccc2)CC1)OC1CCOCC1. The highest BCUT2D eigenvalue weighted by Gasteiger charge is 2.21. The monoisotopic (exact) mass is 405 g/mol. The molecule has 0 aromatic heterocycles. The van der Waals surface area contributed by atoms with Gasteiger partial charge in [0.15, 0.2) is 0 Å². The van der Waals surface area contributed by atoms with Crippen LogP contribution in [-0.4, -0.2) is 49.8 Å². The molecular weight excluding hydrogens is 374 g/mol. The summed E-state index contributed by atoms with van der Waals surface area (Å²) >= 11 is 0. The molecule has 0 bridgehead atoms. The summed E-state index contributed by atoms with van der Waals surface area (Å²) in [5, 5.41) is 0. The molecule has 2 saturated heterocycles. The van der Waals surface area contributed by atoms with Crippen molar-refractivity contribution in [1.29, 1.82) is 0 Å². The van der Waals surface area contributed by atoms with E-state index in [2.05, 4.69) is 65.6 Å². The molecule has 2 aromatic rings. The van der Waals surface area contributed by atoms with E-state index in [-0.39, 0.29) is 12.1 Å². The van der Waals surface area contributed by atoms with Crippen molar-refractivity contribution >= 4 is 11.5 Å². The summed E-state index contributed by atoms with van der Waals surface area (Å²) in [4.78, 5) is 14.6. The summed E-state index contributed by atoms with van der Waals surface area (Å²) in [6.07, 6.45) is 4.24. The van der Waals surface area contributed by atoms with Crippen molar-refractivity contribution in [2.45, 2.75) is 38.2 Å². The summed E-state index contributed by atoms with van der Waals surface area (Å²) in [6, 6.07) is 21.4. The molecule has 4 heteroatoms. The molecule has 2 aromatic carbocycles. The fourth-order valence-electron chi connectivity index (χ4n) is 4.37. The van der Waals surface area contributed by atoms with Gasteiger partial charge in [-0.25, -0.2) is 0 Å². The summed E-state index contributed by atoms with van der Waals surface area (Å²) in [5.41, 5.74) is 5.45. The Labute approximate surface area is 179 Å². The highest BCUT2D eigenvalue weighted by molar-refractivity contribution is 5.82. The zero-order valence-corrected chi connectivity index (χ0v) is 17.6. The first-order chi connectivity index (χ1) is 14.8. The molecule has 2 heterocycles. The second-order valence-corrected chi connectivity index (χ2v) is 8.10. The Balaban J connectivity index is 1.36. The summed E-state index contributed by atoms with van der Waals surface area (Å²) in [6.45, 7) is 4.15. The van der Waals surface area contributed by atoms with Crippen molar-refractivity contribution in [2.24, 2.45) is 0 Å². The molecule has 30 heavy (non-hydrogen) atoms. The Morgan fingerprint density at radius 3 is 2.03 bits per heavy atom. The van der Waals surface area contributed by atoms with Crippen LogP contribution in [0.4, 0.5) is 0 Å². The van der Waals surface area contributed by atoms with E-state index in [0.29, 0.717) is 19.6 Å². The number of carbonyl (C=O) groups is 1. The van der Waals surface area contributed by atoms with E-state index in [1.807, 2.05) is 0 Å². The lowest BCUT2D eigenvalue weighted by atomic mass is 9.88. The minimum absolute atomic E-state index is 0.0430. The average molecular weight is 406 g/mol. The van der Waals surface area contributed by atoms with Crippen LogP contribution in [0.15, 0.2) is 66.2 Å². The number of esters is 1.